The van der Waals surface area contributed by atoms with E-state index in [-0.39, 0.29) is 0 Å². The first-order valence-corrected chi connectivity index (χ1v) is 3.67. The summed E-state index contributed by atoms with van der Waals surface area (Å²) in [4.78, 5) is 3.88. The van der Waals surface area contributed by atoms with E-state index in [1.807, 2.05) is 6.07 Å². The molecule has 0 aromatic carbocycles. The number of halogens is 1. The number of nitrogens with zero attached hydrogens (tertiary/aromatic N) is 2. The number of aromatic nitrogens is 1. The summed E-state index contributed by atoms with van der Waals surface area (Å²) in [5.41, 5.74) is 0.344. The molecule has 0 amide bonds. The highest BCUT2D eigenvalue weighted by Gasteiger charge is 1.98. The van der Waals surface area contributed by atoms with Gasteiger partial charge < -0.3 is 4.74 Å². The second kappa shape index (κ2) is 3.35. The van der Waals surface area contributed by atoms with Crippen LogP contribution in [0.25, 0.3) is 0 Å². The van der Waals surface area contributed by atoms with Gasteiger partial charge in [-0.2, -0.15) is 5.26 Å². The lowest BCUT2D eigenvalue weighted by molar-refractivity contribution is 0.413. The minimum absolute atomic E-state index is 0.344. The Balaban J connectivity index is 3.15. The van der Waals surface area contributed by atoms with Gasteiger partial charge in [0.25, 0.3) is 0 Å². The molecule has 4 heteroatoms. The lowest BCUT2D eigenvalue weighted by Gasteiger charge is -1.98. The zero-order valence-corrected chi connectivity index (χ0v) is 7.42. The van der Waals surface area contributed by atoms with Crippen molar-refractivity contribution in [2.75, 3.05) is 7.11 Å². The summed E-state index contributed by atoms with van der Waals surface area (Å²) in [5, 5.41) is 8.49. The van der Waals surface area contributed by atoms with Crippen molar-refractivity contribution in [3.8, 4) is 11.8 Å². The van der Waals surface area contributed by atoms with E-state index in [2.05, 4.69) is 20.9 Å². The molecule has 1 heterocycles. The normalized spacial score (nSPS) is 8.82. The van der Waals surface area contributed by atoms with Crippen molar-refractivity contribution in [1.29, 1.82) is 5.26 Å². The minimum atomic E-state index is 0.344. The fraction of sp³-hybridized carbons (Fsp3) is 0.143. The molecule has 0 bridgehead atoms. The first kappa shape index (κ1) is 8.02. The average Bonchev–Trinajstić information content (AvgIpc) is 2.03. The second-order valence-electron chi connectivity index (χ2n) is 1.83. The topological polar surface area (TPSA) is 45.9 Å². The Morgan fingerprint density at radius 2 is 2.36 bits per heavy atom. The number of ether oxygens (including phenoxy) is 1. The van der Waals surface area contributed by atoms with E-state index < -0.39 is 0 Å². The molecule has 0 atom stereocenters. The maximum Gasteiger partial charge on any atom is 0.145 e. The molecule has 3 nitrogen and oxygen atoms in total. The second-order valence-corrected chi connectivity index (χ2v) is 2.64. The summed E-state index contributed by atoms with van der Waals surface area (Å²) in [6.45, 7) is 0. The van der Waals surface area contributed by atoms with E-state index in [1.165, 1.54) is 0 Å². The molecule has 1 aromatic rings. The predicted molar refractivity (Wildman–Crippen MR) is 43.2 cm³/mol. The highest BCUT2D eigenvalue weighted by Crippen LogP contribution is 2.16. The maximum absolute atomic E-state index is 8.49. The highest BCUT2D eigenvalue weighted by molar-refractivity contribution is 9.10. The molecular weight excluding hydrogens is 208 g/mol. The van der Waals surface area contributed by atoms with Crippen molar-refractivity contribution in [3.63, 3.8) is 0 Å². The van der Waals surface area contributed by atoms with Gasteiger partial charge in [0.05, 0.1) is 7.11 Å². The van der Waals surface area contributed by atoms with Crippen LogP contribution < -0.4 is 4.74 Å². The molecule has 1 aromatic heterocycles. The number of rotatable bonds is 1. The number of methoxy groups -OCH3 is 1. The van der Waals surface area contributed by atoms with Crippen LogP contribution in [0.4, 0.5) is 0 Å². The van der Waals surface area contributed by atoms with Crippen molar-refractivity contribution in [2.24, 2.45) is 0 Å². The summed E-state index contributed by atoms with van der Waals surface area (Å²) in [6.07, 6.45) is 0. The third-order valence-electron chi connectivity index (χ3n) is 1.12. The van der Waals surface area contributed by atoms with Crippen LogP contribution in [0.5, 0.6) is 5.75 Å². The first-order chi connectivity index (χ1) is 5.26. The molecule has 0 unspecified atom stereocenters. The largest absolute Gasteiger partial charge is 0.497 e. The fourth-order valence-electron chi connectivity index (χ4n) is 0.649. The number of nitriles is 1. The van der Waals surface area contributed by atoms with Crippen LogP contribution in [0, 0.1) is 11.3 Å². The van der Waals surface area contributed by atoms with E-state index in [1.54, 1.807) is 19.2 Å². The fourth-order valence-corrected chi connectivity index (χ4v) is 1.07. The SMILES string of the molecule is COc1cc(Br)nc(C#N)c1. The van der Waals surface area contributed by atoms with Gasteiger partial charge >= 0.3 is 0 Å². The molecule has 0 aliphatic rings. The summed E-state index contributed by atoms with van der Waals surface area (Å²) < 4.78 is 5.52. The summed E-state index contributed by atoms with van der Waals surface area (Å²) in [5.74, 6) is 0.628. The van der Waals surface area contributed by atoms with Gasteiger partial charge in [-0.05, 0) is 15.9 Å². The highest BCUT2D eigenvalue weighted by atomic mass is 79.9. The Hall–Kier alpha value is -1.08. The van der Waals surface area contributed by atoms with Gasteiger partial charge in [-0.3, -0.25) is 0 Å². The molecule has 11 heavy (non-hydrogen) atoms. The van der Waals surface area contributed by atoms with Crippen LogP contribution in [0.1, 0.15) is 5.69 Å². The zero-order chi connectivity index (χ0) is 8.27. The first-order valence-electron chi connectivity index (χ1n) is 2.88. The minimum Gasteiger partial charge on any atom is -0.497 e. The van der Waals surface area contributed by atoms with Gasteiger partial charge in [-0.1, -0.05) is 0 Å². The van der Waals surface area contributed by atoms with E-state index in [0.717, 1.165) is 0 Å². The Morgan fingerprint density at radius 3 is 2.91 bits per heavy atom. The number of hydrogen-bond acceptors (Lipinski definition) is 3. The standard InChI is InChI=1S/C7H5BrN2O/c1-11-6-2-5(4-9)10-7(8)3-6/h2-3H,1H3. The molecule has 0 spiro atoms. The zero-order valence-electron chi connectivity index (χ0n) is 5.84. The summed E-state index contributed by atoms with van der Waals surface area (Å²) >= 11 is 3.15. The van der Waals surface area contributed by atoms with E-state index in [9.17, 15) is 0 Å². The van der Waals surface area contributed by atoms with E-state index >= 15 is 0 Å². The molecule has 0 saturated heterocycles. The third-order valence-corrected chi connectivity index (χ3v) is 1.52. The van der Waals surface area contributed by atoms with Crippen molar-refractivity contribution < 1.29 is 4.74 Å². The molecule has 0 N–H and O–H groups in total. The van der Waals surface area contributed by atoms with Crippen molar-refractivity contribution in [3.05, 3.63) is 22.4 Å². The molecule has 0 aliphatic heterocycles. The van der Waals surface area contributed by atoms with Crippen LogP contribution in [0.2, 0.25) is 0 Å². The summed E-state index contributed by atoms with van der Waals surface area (Å²) in [6, 6.07) is 5.19. The van der Waals surface area contributed by atoms with E-state index in [0.29, 0.717) is 16.0 Å². The van der Waals surface area contributed by atoms with Crippen molar-refractivity contribution in [1.82, 2.24) is 4.98 Å². The molecule has 0 fully saturated rings. The Bertz CT molecular complexity index is 306. The van der Waals surface area contributed by atoms with Crippen LogP contribution in [0.3, 0.4) is 0 Å². The van der Waals surface area contributed by atoms with Crippen LogP contribution in [-0.2, 0) is 0 Å². The van der Waals surface area contributed by atoms with Gasteiger partial charge in [0.2, 0.25) is 0 Å². The van der Waals surface area contributed by atoms with Gasteiger partial charge in [-0.25, -0.2) is 4.98 Å². The molecule has 0 aliphatic carbocycles. The van der Waals surface area contributed by atoms with Gasteiger partial charge in [0.1, 0.15) is 22.1 Å². The number of hydrogen-bond donors (Lipinski definition) is 0. The van der Waals surface area contributed by atoms with Gasteiger partial charge in [-0.15, -0.1) is 0 Å². The maximum atomic E-state index is 8.49. The summed E-state index contributed by atoms with van der Waals surface area (Å²) in [7, 11) is 1.54. The van der Waals surface area contributed by atoms with Crippen LogP contribution in [-0.4, -0.2) is 12.1 Å². The third kappa shape index (κ3) is 1.92. The monoisotopic (exact) mass is 212 g/mol. The molecule has 1 rings (SSSR count). The Kier molecular flexibility index (Phi) is 2.44. The molecule has 0 radical (unpaired) electrons. The Morgan fingerprint density at radius 1 is 1.64 bits per heavy atom. The predicted octanol–water partition coefficient (Wildman–Crippen LogP) is 1.72. The lowest BCUT2D eigenvalue weighted by atomic mass is 10.3. The van der Waals surface area contributed by atoms with E-state index in [4.69, 9.17) is 10.00 Å². The average molecular weight is 213 g/mol. The lowest BCUT2D eigenvalue weighted by Crippen LogP contribution is -1.87. The Labute approximate surface area is 72.8 Å². The van der Waals surface area contributed by atoms with Crippen molar-refractivity contribution >= 4 is 15.9 Å². The quantitative estimate of drug-likeness (QED) is 0.667. The van der Waals surface area contributed by atoms with Crippen LogP contribution in [0.15, 0.2) is 16.7 Å². The molecule has 0 saturated carbocycles. The molecular formula is C7H5BrN2O. The smallest absolute Gasteiger partial charge is 0.145 e. The van der Waals surface area contributed by atoms with Gasteiger partial charge in [0, 0.05) is 12.1 Å². The van der Waals surface area contributed by atoms with Gasteiger partial charge in [0.15, 0.2) is 0 Å². The van der Waals surface area contributed by atoms with Crippen molar-refractivity contribution in [2.45, 2.75) is 0 Å². The molecule has 56 valence electrons. The number of pyridine rings is 1. The van der Waals surface area contributed by atoms with Crippen LogP contribution >= 0.6 is 15.9 Å².